The number of hydrogen-bond acceptors (Lipinski definition) is 6. The lowest BCUT2D eigenvalue weighted by Crippen LogP contribution is -2.66. The Morgan fingerprint density at radius 3 is 2.44 bits per heavy atom. The number of nitrogens with one attached hydrogen (secondary N) is 2. The first-order valence-corrected chi connectivity index (χ1v) is 16.7. The largest absolute Gasteiger partial charge is 0.443 e. The Morgan fingerprint density at radius 2 is 1.74 bits per heavy atom. The Kier molecular flexibility index (Phi) is 6.77. The third-order valence-electron chi connectivity index (χ3n) is 13.5. The van der Waals surface area contributed by atoms with Crippen LogP contribution in [0.15, 0.2) is 22.4 Å². The molecule has 0 aliphatic heterocycles. The smallest absolute Gasteiger partial charge is 0.422 e. The van der Waals surface area contributed by atoms with E-state index in [4.69, 9.17) is 9.26 Å². The van der Waals surface area contributed by atoms with Crippen LogP contribution in [0.5, 0.6) is 0 Å². The van der Waals surface area contributed by atoms with Gasteiger partial charge in [-0.1, -0.05) is 59.2 Å². The number of carbonyl (C=O) groups excluding carboxylic acids is 2. The zero-order valence-electron chi connectivity index (χ0n) is 28.3. The minimum absolute atomic E-state index is 0.0270. The number of aromatic nitrogens is 1. The van der Waals surface area contributed by atoms with Crippen LogP contribution in [0.4, 0.5) is 4.79 Å². The average molecular weight is 594 g/mol. The molecule has 1 aromatic rings. The number of rotatable bonds is 3. The zero-order valence-corrected chi connectivity index (χ0v) is 28.3. The van der Waals surface area contributed by atoms with Crippen molar-refractivity contribution < 1.29 is 18.8 Å². The van der Waals surface area contributed by atoms with E-state index in [1.54, 1.807) is 0 Å². The van der Waals surface area contributed by atoms with Gasteiger partial charge in [0.2, 0.25) is 0 Å². The summed E-state index contributed by atoms with van der Waals surface area (Å²) in [5, 5.41) is 4.22. The minimum Gasteiger partial charge on any atom is -0.443 e. The molecule has 0 bridgehead atoms. The molecular formula is C36H55N3O4. The second-order valence-corrected chi connectivity index (χ2v) is 18.1. The molecule has 5 aliphatic carbocycles. The highest BCUT2D eigenvalue weighted by molar-refractivity contribution is 5.95. The van der Waals surface area contributed by atoms with E-state index in [1.165, 1.54) is 11.1 Å². The molecule has 43 heavy (non-hydrogen) atoms. The van der Waals surface area contributed by atoms with Gasteiger partial charge in [0.25, 0.3) is 0 Å². The molecule has 238 valence electrons. The summed E-state index contributed by atoms with van der Waals surface area (Å²) in [4.78, 5) is 27.2. The molecule has 7 heteroatoms. The second kappa shape index (κ2) is 9.43. The highest BCUT2D eigenvalue weighted by atomic mass is 16.6. The monoisotopic (exact) mass is 593 g/mol. The van der Waals surface area contributed by atoms with Crippen molar-refractivity contribution in [2.24, 2.45) is 44.8 Å². The minimum atomic E-state index is -0.555. The molecule has 5 aliphatic rings. The zero-order chi connectivity index (χ0) is 31.4. The normalized spacial score (nSPS) is 41.0. The van der Waals surface area contributed by atoms with E-state index in [0.29, 0.717) is 18.2 Å². The number of amides is 1. The van der Waals surface area contributed by atoms with Crippen LogP contribution in [0.25, 0.3) is 0 Å². The number of fused-ring (bicyclic) bond motifs is 8. The summed E-state index contributed by atoms with van der Waals surface area (Å²) < 4.78 is 11.3. The van der Waals surface area contributed by atoms with Gasteiger partial charge in [0.1, 0.15) is 11.4 Å². The van der Waals surface area contributed by atoms with Gasteiger partial charge < -0.3 is 9.26 Å². The number of allylic oxidation sites excluding steroid dienone is 2. The molecular weight excluding hydrogens is 538 g/mol. The summed E-state index contributed by atoms with van der Waals surface area (Å²) in [6.45, 7) is 23.0. The summed E-state index contributed by atoms with van der Waals surface area (Å²) in [6.07, 6.45) is 12.0. The van der Waals surface area contributed by atoms with Gasteiger partial charge in [0, 0.05) is 23.4 Å². The predicted molar refractivity (Wildman–Crippen MR) is 167 cm³/mol. The SMILES string of the molecule is CC1(C)CC[C@]2(CNNC(=O)OC(C)(C)C)CC[C@]3(C)[C@H](C(=O)C=C4[C@@]5(C)Cc6cnoc6C(C)(C)[C@@H]5CC[C@]43C)[C@@H]2C1. The van der Waals surface area contributed by atoms with E-state index in [-0.39, 0.29) is 44.3 Å². The number of hydrogen-bond donors (Lipinski definition) is 2. The van der Waals surface area contributed by atoms with E-state index in [0.717, 1.165) is 57.1 Å². The van der Waals surface area contributed by atoms with E-state index < -0.39 is 11.7 Å². The number of carbonyl (C=O) groups is 2. The van der Waals surface area contributed by atoms with Crippen LogP contribution in [-0.4, -0.2) is 29.2 Å². The van der Waals surface area contributed by atoms with Gasteiger partial charge in [-0.25, -0.2) is 10.2 Å². The van der Waals surface area contributed by atoms with Crippen LogP contribution in [0, 0.1) is 44.8 Å². The van der Waals surface area contributed by atoms with Crippen LogP contribution in [0.3, 0.4) is 0 Å². The molecule has 7 atom stereocenters. The van der Waals surface area contributed by atoms with Gasteiger partial charge in [-0.3, -0.25) is 10.2 Å². The Bertz CT molecular complexity index is 1350. The lowest BCUT2D eigenvalue weighted by molar-refractivity contribution is -0.171. The molecule has 0 unspecified atom stereocenters. The number of nitrogens with zero attached hydrogens (tertiary/aromatic N) is 1. The average Bonchev–Trinajstić information content (AvgIpc) is 3.34. The highest BCUT2D eigenvalue weighted by Gasteiger charge is 2.69. The van der Waals surface area contributed by atoms with Crippen molar-refractivity contribution in [2.75, 3.05) is 6.54 Å². The van der Waals surface area contributed by atoms with Crippen LogP contribution in [0.1, 0.15) is 126 Å². The summed E-state index contributed by atoms with van der Waals surface area (Å²) >= 11 is 0. The topological polar surface area (TPSA) is 93.5 Å². The first-order valence-electron chi connectivity index (χ1n) is 16.7. The lowest BCUT2D eigenvalue weighted by atomic mass is 9.34. The van der Waals surface area contributed by atoms with Gasteiger partial charge in [-0.05, 0) is 117 Å². The lowest BCUT2D eigenvalue weighted by Gasteiger charge is -2.69. The fourth-order valence-electron chi connectivity index (χ4n) is 11.3. The summed E-state index contributed by atoms with van der Waals surface area (Å²) in [5.41, 5.74) is 7.82. The standard InChI is InChI=1S/C36H55N3O4/c1-30(2,3)42-29(41)39-37-21-36-15-13-31(4,5)19-23(36)27-24(40)17-26-33(8)18-22-20-38-43-28(22)32(6,7)25(33)11-12-34(26,9)35(27,10)14-16-36/h17,20,23,25,27,37H,11-16,18-19,21H2,1-10H3,(H,39,41)/t23-,25-,27-,33-,34+,35+,36+/m0/s1. The second-order valence-electron chi connectivity index (χ2n) is 18.1. The number of hydrazine groups is 1. The maximum absolute atomic E-state index is 14.7. The van der Waals surface area contributed by atoms with Crippen LogP contribution in [-0.2, 0) is 21.4 Å². The maximum atomic E-state index is 14.7. The van der Waals surface area contributed by atoms with Gasteiger partial charge in [0.15, 0.2) is 5.78 Å². The number of ether oxygens (including phenoxy) is 1. The van der Waals surface area contributed by atoms with Crippen LogP contribution >= 0.6 is 0 Å². The molecule has 0 aromatic carbocycles. The molecule has 1 heterocycles. The Balaban J connectivity index is 1.36. The third kappa shape index (κ3) is 4.48. The van der Waals surface area contributed by atoms with E-state index in [1.807, 2.05) is 27.0 Å². The third-order valence-corrected chi connectivity index (χ3v) is 13.5. The Labute approximate surface area is 258 Å². The molecule has 3 saturated carbocycles. The first kappa shape index (κ1) is 30.9. The van der Waals surface area contributed by atoms with Crippen molar-refractivity contribution in [3.63, 3.8) is 0 Å². The molecule has 0 saturated heterocycles. The summed E-state index contributed by atoms with van der Waals surface area (Å²) in [5.74, 6) is 1.98. The Hall–Kier alpha value is -2.15. The summed E-state index contributed by atoms with van der Waals surface area (Å²) in [6, 6.07) is 0. The molecule has 0 spiro atoms. The summed E-state index contributed by atoms with van der Waals surface area (Å²) in [7, 11) is 0. The Morgan fingerprint density at radius 1 is 1.05 bits per heavy atom. The van der Waals surface area contributed by atoms with Crippen molar-refractivity contribution in [1.82, 2.24) is 16.0 Å². The molecule has 1 amide bonds. The quantitative estimate of drug-likeness (QED) is 0.349. The molecule has 7 nitrogen and oxygen atoms in total. The van der Waals surface area contributed by atoms with Crippen molar-refractivity contribution in [1.29, 1.82) is 0 Å². The van der Waals surface area contributed by atoms with E-state index >= 15 is 0 Å². The van der Waals surface area contributed by atoms with Gasteiger partial charge in [0.05, 0.1) is 6.20 Å². The van der Waals surface area contributed by atoms with Gasteiger partial charge in [-0.2, -0.15) is 0 Å². The molecule has 1 aromatic heterocycles. The van der Waals surface area contributed by atoms with Crippen LogP contribution in [0.2, 0.25) is 0 Å². The highest BCUT2D eigenvalue weighted by Crippen LogP contribution is 2.74. The fourth-order valence-corrected chi connectivity index (χ4v) is 11.3. The molecule has 6 rings (SSSR count). The molecule has 3 fully saturated rings. The van der Waals surface area contributed by atoms with Crippen LogP contribution < -0.4 is 10.9 Å². The maximum Gasteiger partial charge on any atom is 0.422 e. The fraction of sp³-hybridized carbons (Fsp3) is 0.806. The number of ketones is 1. The molecule has 2 N–H and O–H groups in total. The van der Waals surface area contributed by atoms with Crippen molar-refractivity contribution in [2.45, 2.75) is 132 Å². The van der Waals surface area contributed by atoms with Crippen molar-refractivity contribution >= 4 is 11.9 Å². The van der Waals surface area contributed by atoms with E-state index in [9.17, 15) is 9.59 Å². The van der Waals surface area contributed by atoms with Crippen molar-refractivity contribution in [3.05, 3.63) is 29.2 Å². The van der Waals surface area contributed by atoms with Crippen molar-refractivity contribution in [3.8, 4) is 0 Å². The van der Waals surface area contributed by atoms with Gasteiger partial charge >= 0.3 is 6.09 Å². The first-order chi connectivity index (χ1) is 19.8. The predicted octanol–water partition coefficient (Wildman–Crippen LogP) is 7.70. The van der Waals surface area contributed by atoms with E-state index in [2.05, 4.69) is 70.6 Å². The molecule has 0 radical (unpaired) electrons. The van der Waals surface area contributed by atoms with Gasteiger partial charge in [-0.15, -0.1) is 0 Å².